The smallest absolute Gasteiger partial charge is 0.169 e. The van der Waals surface area contributed by atoms with Gasteiger partial charge in [-0.05, 0) is 6.42 Å². The summed E-state index contributed by atoms with van der Waals surface area (Å²) in [5, 5.41) is 0. The number of hydrogen-bond acceptors (Lipinski definition) is 3. The van der Waals surface area contributed by atoms with Gasteiger partial charge in [0.15, 0.2) is 5.79 Å². The van der Waals surface area contributed by atoms with Crippen molar-refractivity contribution in [3.05, 3.63) is 0 Å². The third-order valence-corrected chi connectivity index (χ3v) is 3.36. The second-order valence-electron chi connectivity index (χ2n) is 4.55. The molecule has 2 atom stereocenters. The fraction of sp³-hybridized carbons (Fsp3) is 0.909. The van der Waals surface area contributed by atoms with Gasteiger partial charge in [-0.2, -0.15) is 0 Å². The average Bonchev–Trinajstić information content (AvgIpc) is 2.58. The summed E-state index contributed by atoms with van der Waals surface area (Å²) < 4.78 is 11.3. The fourth-order valence-electron chi connectivity index (χ4n) is 2.49. The Morgan fingerprint density at radius 3 is 2.50 bits per heavy atom. The minimum Gasteiger partial charge on any atom is -0.348 e. The average molecular weight is 198 g/mol. The molecule has 1 heterocycles. The first kappa shape index (κ1) is 10.1. The molecule has 80 valence electrons. The molecule has 1 saturated carbocycles. The van der Waals surface area contributed by atoms with Crippen LogP contribution in [0.1, 0.15) is 33.1 Å². The third kappa shape index (κ3) is 1.71. The fourth-order valence-corrected chi connectivity index (χ4v) is 2.49. The molecule has 2 unspecified atom stereocenters. The predicted molar refractivity (Wildman–Crippen MR) is 51.8 cm³/mol. The van der Waals surface area contributed by atoms with Gasteiger partial charge in [0.25, 0.3) is 0 Å². The van der Waals surface area contributed by atoms with Crippen LogP contribution >= 0.6 is 0 Å². The van der Waals surface area contributed by atoms with Crippen molar-refractivity contribution in [1.82, 2.24) is 0 Å². The molecule has 3 nitrogen and oxygen atoms in total. The van der Waals surface area contributed by atoms with Crippen LogP contribution in [0.15, 0.2) is 0 Å². The number of rotatable bonds is 0. The zero-order valence-electron chi connectivity index (χ0n) is 8.91. The van der Waals surface area contributed by atoms with Crippen LogP contribution in [0.2, 0.25) is 0 Å². The molecule has 3 heteroatoms. The topological polar surface area (TPSA) is 35.5 Å². The summed E-state index contributed by atoms with van der Waals surface area (Å²) in [5.41, 5.74) is 0. The maximum absolute atomic E-state index is 11.8. The molecule has 0 bridgehead atoms. The highest BCUT2D eigenvalue weighted by Crippen LogP contribution is 2.37. The van der Waals surface area contributed by atoms with Crippen molar-refractivity contribution in [2.45, 2.75) is 38.9 Å². The molecule has 14 heavy (non-hydrogen) atoms. The van der Waals surface area contributed by atoms with E-state index in [2.05, 4.69) is 0 Å². The molecule has 1 aliphatic carbocycles. The van der Waals surface area contributed by atoms with Crippen LogP contribution in [0, 0.1) is 11.8 Å². The Morgan fingerprint density at radius 1 is 1.21 bits per heavy atom. The molecule has 0 aromatic heterocycles. The minimum atomic E-state index is -0.431. The summed E-state index contributed by atoms with van der Waals surface area (Å²) >= 11 is 0. The van der Waals surface area contributed by atoms with Crippen molar-refractivity contribution < 1.29 is 14.3 Å². The van der Waals surface area contributed by atoms with Gasteiger partial charge in [-0.1, -0.05) is 13.8 Å². The number of Topliss-reactive ketones (excluding diaryl/α,β-unsaturated/α-hetero) is 1. The SMILES string of the molecule is CC1CCC2(CC(C)C1=O)OCCO2. The van der Waals surface area contributed by atoms with Gasteiger partial charge in [-0.15, -0.1) is 0 Å². The van der Waals surface area contributed by atoms with Crippen LogP contribution in [0.4, 0.5) is 0 Å². The summed E-state index contributed by atoms with van der Waals surface area (Å²) in [6, 6.07) is 0. The normalized spacial score (nSPS) is 37.4. The van der Waals surface area contributed by atoms with Gasteiger partial charge in [-0.25, -0.2) is 0 Å². The second kappa shape index (κ2) is 3.63. The number of hydrogen-bond donors (Lipinski definition) is 0. The van der Waals surface area contributed by atoms with Gasteiger partial charge < -0.3 is 9.47 Å². The van der Waals surface area contributed by atoms with Crippen molar-refractivity contribution >= 4 is 5.78 Å². The Hall–Kier alpha value is -0.410. The molecule has 1 saturated heterocycles. The highest BCUT2D eigenvalue weighted by atomic mass is 16.7. The number of carbonyl (C=O) groups excluding carboxylic acids is 1. The first-order chi connectivity index (χ1) is 6.63. The molecular formula is C11H18O3. The van der Waals surface area contributed by atoms with E-state index in [1.165, 1.54) is 0 Å². The summed E-state index contributed by atoms with van der Waals surface area (Å²) in [6.07, 6.45) is 2.49. The maximum Gasteiger partial charge on any atom is 0.169 e. The molecule has 0 radical (unpaired) electrons. The Balaban J connectivity index is 2.13. The van der Waals surface area contributed by atoms with E-state index in [1.54, 1.807) is 0 Å². The van der Waals surface area contributed by atoms with E-state index in [9.17, 15) is 4.79 Å². The van der Waals surface area contributed by atoms with E-state index in [0.29, 0.717) is 19.0 Å². The molecule has 0 aromatic rings. The summed E-state index contributed by atoms with van der Waals surface area (Å²) in [7, 11) is 0. The third-order valence-electron chi connectivity index (χ3n) is 3.36. The molecule has 0 N–H and O–H groups in total. The quantitative estimate of drug-likeness (QED) is 0.595. The highest BCUT2D eigenvalue weighted by molar-refractivity contribution is 5.83. The van der Waals surface area contributed by atoms with E-state index >= 15 is 0 Å². The van der Waals surface area contributed by atoms with Crippen molar-refractivity contribution in [2.75, 3.05) is 13.2 Å². The first-order valence-corrected chi connectivity index (χ1v) is 5.45. The minimum absolute atomic E-state index is 0.0746. The summed E-state index contributed by atoms with van der Waals surface area (Å²) in [6.45, 7) is 5.34. The molecule has 1 spiro atoms. The van der Waals surface area contributed by atoms with Crippen LogP contribution in [0.5, 0.6) is 0 Å². The zero-order valence-corrected chi connectivity index (χ0v) is 8.91. The molecule has 0 aromatic carbocycles. The van der Waals surface area contributed by atoms with E-state index in [-0.39, 0.29) is 11.8 Å². The van der Waals surface area contributed by atoms with Gasteiger partial charge in [0, 0.05) is 24.7 Å². The van der Waals surface area contributed by atoms with Crippen LogP contribution in [0.3, 0.4) is 0 Å². The lowest BCUT2D eigenvalue weighted by molar-refractivity contribution is -0.171. The van der Waals surface area contributed by atoms with Crippen molar-refractivity contribution in [2.24, 2.45) is 11.8 Å². The van der Waals surface area contributed by atoms with Gasteiger partial charge >= 0.3 is 0 Å². The number of ketones is 1. The lowest BCUT2D eigenvalue weighted by Gasteiger charge is -2.26. The van der Waals surface area contributed by atoms with Crippen molar-refractivity contribution in [3.63, 3.8) is 0 Å². The monoisotopic (exact) mass is 198 g/mol. The van der Waals surface area contributed by atoms with Crippen molar-refractivity contribution in [1.29, 1.82) is 0 Å². The van der Waals surface area contributed by atoms with Crippen LogP contribution < -0.4 is 0 Å². The number of carbonyl (C=O) groups is 1. The van der Waals surface area contributed by atoms with E-state index in [0.717, 1.165) is 19.3 Å². The van der Waals surface area contributed by atoms with Gasteiger partial charge in [0.1, 0.15) is 5.78 Å². The van der Waals surface area contributed by atoms with Gasteiger partial charge in [0.05, 0.1) is 13.2 Å². The number of ether oxygens (including phenoxy) is 2. The Morgan fingerprint density at radius 2 is 1.86 bits per heavy atom. The van der Waals surface area contributed by atoms with E-state index in [4.69, 9.17) is 9.47 Å². The van der Waals surface area contributed by atoms with Crippen LogP contribution in [-0.4, -0.2) is 24.8 Å². The standard InChI is InChI=1S/C11H18O3/c1-8-3-4-11(13-5-6-14-11)7-9(2)10(8)12/h8-9H,3-7H2,1-2H3. The van der Waals surface area contributed by atoms with E-state index < -0.39 is 5.79 Å². The predicted octanol–water partition coefficient (Wildman–Crippen LogP) is 1.75. The first-order valence-electron chi connectivity index (χ1n) is 5.45. The Bertz CT molecular complexity index is 231. The highest BCUT2D eigenvalue weighted by Gasteiger charge is 2.42. The zero-order chi connectivity index (χ0) is 10.2. The molecule has 2 fully saturated rings. The lowest BCUT2D eigenvalue weighted by Crippen LogP contribution is -2.31. The van der Waals surface area contributed by atoms with Gasteiger partial charge in [0.2, 0.25) is 0 Å². The largest absolute Gasteiger partial charge is 0.348 e. The second-order valence-corrected chi connectivity index (χ2v) is 4.55. The van der Waals surface area contributed by atoms with E-state index in [1.807, 2.05) is 13.8 Å². The summed E-state index contributed by atoms with van der Waals surface area (Å²) in [5.74, 6) is 0.170. The molecule has 2 rings (SSSR count). The van der Waals surface area contributed by atoms with Gasteiger partial charge in [-0.3, -0.25) is 4.79 Å². The summed E-state index contributed by atoms with van der Waals surface area (Å²) in [4.78, 5) is 11.8. The van der Waals surface area contributed by atoms with Crippen molar-refractivity contribution in [3.8, 4) is 0 Å². The lowest BCUT2D eigenvalue weighted by atomic mass is 9.94. The van der Waals surface area contributed by atoms with Crippen LogP contribution in [0.25, 0.3) is 0 Å². The molecular weight excluding hydrogens is 180 g/mol. The van der Waals surface area contributed by atoms with Crippen LogP contribution in [-0.2, 0) is 14.3 Å². The molecule has 2 aliphatic rings. The Labute approximate surface area is 84.8 Å². The maximum atomic E-state index is 11.8. The molecule has 1 aliphatic heterocycles. The molecule has 0 amide bonds. The Kier molecular flexibility index (Phi) is 2.62.